The van der Waals surface area contributed by atoms with Crippen molar-refractivity contribution in [3.63, 3.8) is 0 Å². The highest BCUT2D eigenvalue weighted by atomic mass is 32.2. The summed E-state index contributed by atoms with van der Waals surface area (Å²) in [4.78, 5) is 9.40. The normalized spacial score (nSPS) is 17.9. The lowest BCUT2D eigenvalue weighted by Crippen LogP contribution is -2.32. The number of fused-ring (bicyclic) bond motifs is 2. The molecule has 1 fully saturated rings. The van der Waals surface area contributed by atoms with E-state index in [-0.39, 0.29) is 0 Å². The zero-order valence-electron chi connectivity index (χ0n) is 21.6. The molecule has 200 valence electrons. The number of hydrogen-bond acceptors (Lipinski definition) is 8. The van der Waals surface area contributed by atoms with Crippen molar-refractivity contribution in [3.8, 4) is 11.5 Å². The number of sulfonamides is 1. The molecule has 0 atom stereocenters. The third kappa shape index (κ3) is 5.32. The summed E-state index contributed by atoms with van der Waals surface area (Å²) in [5.41, 5.74) is 6.84. The van der Waals surface area contributed by atoms with Crippen LogP contribution in [0.4, 0.5) is 11.8 Å². The SMILES string of the molecule is COc1ccc(OC)c2c(N)nc(NCC3CCC(CNS(=O)(=O)c4cccc5ccccc45)CC3)nc12. The van der Waals surface area contributed by atoms with Crippen molar-refractivity contribution < 1.29 is 17.9 Å². The average Bonchev–Trinajstić information content (AvgIpc) is 2.94. The summed E-state index contributed by atoms with van der Waals surface area (Å²) < 4.78 is 39.8. The first kappa shape index (κ1) is 26.0. The van der Waals surface area contributed by atoms with Gasteiger partial charge in [-0.3, -0.25) is 0 Å². The molecule has 1 heterocycles. The van der Waals surface area contributed by atoms with Crippen molar-refractivity contribution in [2.45, 2.75) is 30.6 Å². The molecule has 0 aliphatic heterocycles. The van der Waals surface area contributed by atoms with Crippen LogP contribution in [0.2, 0.25) is 0 Å². The lowest BCUT2D eigenvalue weighted by Gasteiger charge is -2.28. The fourth-order valence-corrected chi connectivity index (χ4v) is 6.58. The monoisotopic (exact) mass is 535 g/mol. The van der Waals surface area contributed by atoms with Gasteiger partial charge in [-0.25, -0.2) is 18.1 Å². The fourth-order valence-electron chi connectivity index (χ4n) is 5.24. The van der Waals surface area contributed by atoms with Crippen LogP contribution in [-0.4, -0.2) is 45.7 Å². The molecular weight excluding hydrogens is 502 g/mol. The summed E-state index contributed by atoms with van der Waals surface area (Å²) in [6, 6.07) is 16.5. The maximum atomic E-state index is 13.1. The summed E-state index contributed by atoms with van der Waals surface area (Å²) in [6.45, 7) is 1.16. The number of nitrogens with zero attached hydrogens (tertiary/aromatic N) is 2. The number of benzene rings is 3. The van der Waals surface area contributed by atoms with E-state index in [0.717, 1.165) is 36.5 Å². The van der Waals surface area contributed by atoms with E-state index in [1.165, 1.54) is 0 Å². The predicted octanol–water partition coefficient (Wildman–Crippen LogP) is 4.58. The van der Waals surface area contributed by atoms with Gasteiger partial charge in [-0.2, -0.15) is 4.98 Å². The maximum absolute atomic E-state index is 13.1. The Balaban J connectivity index is 1.17. The van der Waals surface area contributed by atoms with E-state index in [1.807, 2.05) is 30.3 Å². The van der Waals surface area contributed by atoms with Crippen LogP contribution in [0.5, 0.6) is 11.5 Å². The van der Waals surface area contributed by atoms with E-state index in [0.29, 0.717) is 64.0 Å². The Morgan fingerprint density at radius 1 is 0.868 bits per heavy atom. The van der Waals surface area contributed by atoms with Gasteiger partial charge in [-0.15, -0.1) is 0 Å². The van der Waals surface area contributed by atoms with Crippen LogP contribution in [0, 0.1) is 11.8 Å². The molecule has 9 nitrogen and oxygen atoms in total. The van der Waals surface area contributed by atoms with Crippen molar-refractivity contribution in [1.82, 2.24) is 14.7 Å². The first-order valence-electron chi connectivity index (χ1n) is 12.8. The first-order chi connectivity index (χ1) is 18.4. The molecule has 1 aliphatic carbocycles. The molecular formula is C28H33N5O4S. The second kappa shape index (κ2) is 11.0. The van der Waals surface area contributed by atoms with Crippen molar-refractivity contribution in [2.75, 3.05) is 38.4 Å². The number of rotatable bonds is 9. The van der Waals surface area contributed by atoms with E-state index >= 15 is 0 Å². The van der Waals surface area contributed by atoms with Crippen molar-refractivity contribution in [2.24, 2.45) is 11.8 Å². The van der Waals surface area contributed by atoms with E-state index in [9.17, 15) is 8.42 Å². The van der Waals surface area contributed by atoms with Crippen LogP contribution in [0.3, 0.4) is 0 Å². The van der Waals surface area contributed by atoms with Gasteiger partial charge in [0, 0.05) is 18.5 Å². The lowest BCUT2D eigenvalue weighted by atomic mass is 9.82. The van der Waals surface area contributed by atoms with Gasteiger partial charge in [0.2, 0.25) is 16.0 Å². The number of hydrogen-bond donors (Lipinski definition) is 3. The summed E-state index contributed by atoms with van der Waals surface area (Å²) in [5.74, 6) is 2.72. The third-order valence-corrected chi connectivity index (χ3v) is 8.84. The van der Waals surface area contributed by atoms with E-state index in [4.69, 9.17) is 15.2 Å². The van der Waals surface area contributed by atoms with Crippen molar-refractivity contribution in [3.05, 3.63) is 54.6 Å². The minimum Gasteiger partial charge on any atom is -0.496 e. The summed E-state index contributed by atoms with van der Waals surface area (Å²) in [7, 11) is -0.417. The standard InChI is InChI=1S/C28H33N5O4S/c1-36-22-14-15-23(37-2)26-25(22)27(29)33-28(32-26)30-16-18-10-12-19(13-11-18)17-31-38(34,35)24-9-5-7-20-6-3-4-8-21(20)24/h3-9,14-15,18-19,31H,10-13,16-17H2,1-2H3,(H3,29,30,32,33). The van der Waals surface area contributed by atoms with Gasteiger partial charge in [0.05, 0.1) is 24.5 Å². The minimum atomic E-state index is -3.59. The fraction of sp³-hybridized carbons (Fsp3) is 0.357. The number of ether oxygens (including phenoxy) is 2. The zero-order chi connectivity index (χ0) is 26.7. The average molecular weight is 536 g/mol. The molecule has 0 radical (unpaired) electrons. The third-order valence-electron chi connectivity index (χ3n) is 7.36. The Kier molecular flexibility index (Phi) is 7.53. The van der Waals surface area contributed by atoms with Crippen LogP contribution in [0.25, 0.3) is 21.7 Å². The molecule has 0 bridgehead atoms. The largest absolute Gasteiger partial charge is 0.496 e. The number of anilines is 2. The van der Waals surface area contributed by atoms with Gasteiger partial charge in [-0.05, 0) is 61.1 Å². The van der Waals surface area contributed by atoms with Crippen LogP contribution in [0.1, 0.15) is 25.7 Å². The minimum absolute atomic E-state index is 0.306. The number of methoxy groups -OCH3 is 2. The van der Waals surface area contributed by atoms with Crippen LogP contribution < -0.4 is 25.2 Å². The van der Waals surface area contributed by atoms with Crippen molar-refractivity contribution in [1.29, 1.82) is 0 Å². The van der Waals surface area contributed by atoms with Gasteiger partial charge in [-0.1, -0.05) is 36.4 Å². The lowest BCUT2D eigenvalue weighted by molar-refractivity contribution is 0.284. The molecule has 4 aromatic rings. The molecule has 1 aromatic heterocycles. The Hall–Kier alpha value is -3.63. The molecule has 0 unspecified atom stereocenters. The quantitative estimate of drug-likeness (QED) is 0.284. The Morgan fingerprint density at radius 3 is 2.26 bits per heavy atom. The first-order valence-corrected chi connectivity index (χ1v) is 14.3. The van der Waals surface area contributed by atoms with Crippen molar-refractivity contribution >= 4 is 43.5 Å². The molecule has 1 aliphatic rings. The molecule has 0 amide bonds. The Bertz CT molecular complexity index is 1550. The van der Waals surface area contributed by atoms with E-state index < -0.39 is 10.0 Å². The topological polar surface area (TPSA) is 128 Å². The maximum Gasteiger partial charge on any atom is 0.241 e. The van der Waals surface area contributed by atoms with Gasteiger partial charge in [0.1, 0.15) is 22.8 Å². The molecule has 3 aromatic carbocycles. The Labute approximate surface area is 222 Å². The molecule has 0 spiro atoms. The van der Waals surface area contributed by atoms with Crippen LogP contribution >= 0.6 is 0 Å². The highest BCUT2D eigenvalue weighted by molar-refractivity contribution is 7.89. The zero-order valence-corrected chi connectivity index (χ0v) is 22.4. The van der Waals surface area contributed by atoms with Crippen LogP contribution in [0.15, 0.2) is 59.5 Å². The highest BCUT2D eigenvalue weighted by Crippen LogP contribution is 2.36. The van der Waals surface area contributed by atoms with Gasteiger partial charge >= 0.3 is 0 Å². The molecule has 5 rings (SSSR count). The van der Waals surface area contributed by atoms with Gasteiger partial charge < -0.3 is 20.5 Å². The molecule has 0 saturated heterocycles. The van der Waals surface area contributed by atoms with E-state index in [2.05, 4.69) is 20.0 Å². The summed E-state index contributed by atoms with van der Waals surface area (Å²) >= 11 is 0. The van der Waals surface area contributed by atoms with Gasteiger partial charge in [0.25, 0.3) is 0 Å². The summed E-state index contributed by atoms with van der Waals surface area (Å²) in [6.07, 6.45) is 3.90. The predicted molar refractivity (Wildman–Crippen MR) is 150 cm³/mol. The van der Waals surface area contributed by atoms with E-state index in [1.54, 1.807) is 38.5 Å². The number of nitrogen functional groups attached to an aromatic ring is 1. The number of nitrogens with one attached hydrogen (secondary N) is 2. The second-order valence-electron chi connectivity index (χ2n) is 9.72. The number of aromatic nitrogens is 2. The highest BCUT2D eigenvalue weighted by Gasteiger charge is 2.24. The summed E-state index contributed by atoms with van der Waals surface area (Å²) in [5, 5.41) is 5.62. The molecule has 4 N–H and O–H groups in total. The Morgan fingerprint density at radius 2 is 1.53 bits per heavy atom. The molecule has 38 heavy (non-hydrogen) atoms. The van der Waals surface area contributed by atoms with Gasteiger partial charge in [0.15, 0.2) is 0 Å². The number of nitrogens with two attached hydrogens (primary N) is 1. The molecule has 10 heteroatoms. The van der Waals surface area contributed by atoms with Crippen LogP contribution in [-0.2, 0) is 10.0 Å². The smallest absolute Gasteiger partial charge is 0.241 e. The molecule has 1 saturated carbocycles. The second-order valence-corrected chi connectivity index (χ2v) is 11.5.